The van der Waals surface area contributed by atoms with E-state index in [1.54, 1.807) is 11.3 Å². The molecular formula is C30H33N3O4S. The van der Waals surface area contributed by atoms with Crippen molar-refractivity contribution in [3.05, 3.63) is 64.0 Å². The highest BCUT2D eigenvalue weighted by Crippen LogP contribution is 2.58. The summed E-state index contributed by atoms with van der Waals surface area (Å²) in [4.78, 5) is 21.4. The van der Waals surface area contributed by atoms with E-state index in [0.29, 0.717) is 19.2 Å². The summed E-state index contributed by atoms with van der Waals surface area (Å²) in [6.45, 7) is 7.86. The molecule has 3 fully saturated rings. The summed E-state index contributed by atoms with van der Waals surface area (Å²) >= 11 is 1.58. The number of hydrogen-bond donors (Lipinski definition) is 1. The maximum absolute atomic E-state index is 11.7. The second kappa shape index (κ2) is 9.36. The molecule has 0 bridgehead atoms. The van der Waals surface area contributed by atoms with Crippen LogP contribution in [0.2, 0.25) is 0 Å². The lowest BCUT2D eigenvalue weighted by Crippen LogP contribution is -2.49. The van der Waals surface area contributed by atoms with Crippen molar-refractivity contribution in [3.63, 3.8) is 0 Å². The van der Waals surface area contributed by atoms with Gasteiger partial charge < -0.3 is 19.5 Å². The minimum Gasteiger partial charge on any atom is -0.488 e. The van der Waals surface area contributed by atoms with Gasteiger partial charge in [0.25, 0.3) is 0 Å². The van der Waals surface area contributed by atoms with Crippen molar-refractivity contribution in [1.29, 1.82) is 0 Å². The van der Waals surface area contributed by atoms with Gasteiger partial charge in [0.15, 0.2) is 5.13 Å². The normalized spacial score (nSPS) is 24.9. The first-order valence-electron chi connectivity index (χ1n) is 13.6. The monoisotopic (exact) mass is 531 g/mol. The van der Waals surface area contributed by atoms with Crippen LogP contribution in [-0.2, 0) is 29.0 Å². The van der Waals surface area contributed by atoms with Gasteiger partial charge in [0.1, 0.15) is 12.4 Å². The van der Waals surface area contributed by atoms with Crippen LogP contribution in [0.3, 0.4) is 0 Å². The Bertz CT molecular complexity index is 1390. The molecule has 3 aliphatic heterocycles. The average molecular weight is 532 g/mol. The van der Waals surface area contributed by atoms with Crippen LogP contribution in [0.15, 0.2) is 41.8 Å². The Morgan fingerprint density at radius 3 is 2.79 bits per heavy atom. The Morgan fingerprint density at radius 1 is 1.18 bits per heavy atom. The summed E-state index contributed by atoms with van der Waals surface area (Å²) in [6.07, 6.45) is 2.95. The highest BCUT2D eigenvalue weighted by molar-refractivity contribution is 7.14. The molecule has 2 aromatic carbocycles. The molecular weight excluding hydrogens is 498 g/mol. The number of anilines is 1. The highest BCUT2D eigenvalue weighted by Gasteiger charge is 2.65. The van der Waals surface area contributed by atoms with Gasteiger partial charge in [-0.15, -0.1) is 11.3 Å². The summed E-state index contributed by atoms with van der Waals surface area (Å²) in [5.74, 6) is 0.408. The van der Waals surface area contributed by atoms with E-state index in [0.717, 1.165) is 79.8 Å². The molecule has 38 heavy (non-hydrogen) atoms. The van der Waals surface area contributed by atoms with E-state index >= 15 is 0 Å². The number of nitrogens with zero attached hydrogens (tertiary/aromatic N) is 3. The van der Waals surface area contributed by atoms with Crippen molar-refractivity contribution in [1.82, 2.24) is 9.88 Å². The number of piperidine rings is 1. The van der Waals surface area contributed by atoms with Crippen molar-refractivity contribution in [2.75, 3.05) is 44.3 Å². The first-order valence-corrected chi connectivity index (χ1v) is 14.5. The third kappa shape index (κ3) is 4.28. The second-order valence-corrected chi connectivity index (χ2v) is 12.2. The van der Waals surface area contributed by atoms with Gasteiger partial charge in [0, 0.05) is 37.1 Å². The van der Waals surface area contributed by atoms with Crippen molar-refractivity contribution in [2.45, 2.75) is 38.8 Å². The minimum atomic E-state index is -0.667. The Kier molecular flexibility index (Phi) is 5.94. The Morgan fingerprint density at radius 2 is 2.03 bits per heavy atom. The van der Waals surface area contributed by atoms with Gasteiger partial charge in [-0.05, 0) is 60.9 Å². The summed E-state index contributed by atoms with van der Waals surface area (Å²) in [7, 11) is 0. The molecule has 4 heterocycles. The molecule has 0 radical (unpaired) electrons. The SMILES string of the molecule is Cc1ccc(OCc2ccc3c(c2)CCN(C2COC2)CC3)c(-c2csc(N3C[C@@H]4C[C@]4(C(=O)O)C3)n2)c1. The van der Waals surface area contributed by atoms with E-state index < -0.39 is 11.4 Å². The van der Waals surface area contributed by atoms with E-state index in [1.165, 1.54) is 16.7 Å². The first kappa shape index (κ1) is 24.1. The maximum atomic E-state index is 11.7. The Balaban J connectivity index is 1.05. The number of ether oxygens (including phenoxy) is 2. The smallest absolute Gasteiger partial charge is 0.311 e. The van der Waals surface area contributed by atoms with Crippen LogP contribution in [0.1, 0.15) is 28.7 Å². The number of aromatic nitrogens is 1. The number of carbonyl (C=O) groups is 1. The summed E-state index contributed by atoms with van der Waals surface area (Å²) < 4.78 is 11.8. The van der Waals surface area contributed by atoms with Crippen LogP contribution in [-0.4, -0.2) is 66.4 Å². The Hall–Kier alpha value is -2.94. The molecule has 198 valence electrons. The van der Waals surface area contributed by atoms with Gasteiger partial charge in [0.2, 0.25) is 0 Å². The molecule has 0 spiro atoms. The number of aryl methyl sites for hydroxylation is 1. The fraction of sp³-hybridized carbons (Fsp3) is 0.467. The van der Waals surface area contributed by atoms with Crippen LogP contribution < -0.4 is 9.64 Å². The lowest BCUT2D eigenvalue weighted by molar-refractivity contribution is -0.143. The zero-order valence-corrected chi connectivity index (χ0v) is 22.5. The van der Waals surface area contributed by atoms with E-state index in [2.05, 4.69) is 52.4 Å². The fourth-order valence-corrected chi connectivity index (χ4v) is 7.15. The number of rotatable bonds is 7. The van der Waals surface area contributed by atoms with Crippen LogP contribution in [0.5, 0.6) is 5.75 Å². The molecule has 0 unspecified atom stereocenters. The first-order chi connectivity index (χ1) is 18.5. The maximum Gasteiger partial charge on any atom is 0.311 e. The van der Waals surface area contributed by atoms with Crippen LogP contribution in [0.4, 0.5) is 5.13 Å². The van der Waals surface area contributed by atoms with Crippen molar-refractivity contribution >= 4 is 22.4 Å². The standard InChI is InChI=1S/C30H33N3O4S/c1-19-2-5-27(25(10-19)26-17-38-29(31-26)33-13-23-12-30(23,18-33)28(34)35)37-14-20-3-4-21-6-8-32(24-15-36-16-24)9-7-22(21)11-20/h2-5,10-11,17,23-24H,6-9,12-16,18H2,1H3,(H,34,35)/t23-,30-/m0/s1. The molecule has 1 N–H and O–H groups in total. The predicted octanol–water partition coefficient (Wildman–Crippen LogP) is 4.41. The number of hydrogen-bond acceptors (Lipinski definition) is 7. The zero-order valence-electron chi connectivity index (χ0n) is 21.7. The van der Waals surface area contributed by atoms with Gasteiger partial charge in [-0.1, -0.05) is 29.8 Å². The summed E-state index contributed by atoms with van der Waals surface area (Å²) in [5.41, 5.74) is 6.54. The van der Waals surface area contributed by atoms with Crippen LogP contribution >= 0.6 is 11.3 Å². The molecule has 0 amide bonds. The highest BCUT2D eigenvalue weighted by atomic mass is 32.1. The lowest BCUT2D eigenvalue weighted by atomic mass is 10.0. The number of fused-ring (bicyclic) bond motifs is 2. The average Bonchev–Trinajstić information content (AvgIpc) is 3.24. The molecule has 4 aliphatic rings. The predicted molar refractivity (Wildman–Crippen MR) is 147 cm³/mol. The third-order valence-electron chi connectivity index (χ3n) is 8.88. The molecule has 8 heteroatoms. The van der Waals surface area contributed by atoms with Crippen LogP contribution in [0, 0.1) is 18.3 Å². The quantitative estimate of drug-likeness (QED) is 0.484. The molecule has 2 atom stereocenters. The molecule has 1 aromatic heterocycles. The van der Waals surface area contributed by atoms with Crippen molar-refractivity contribution in [2.24, 2.45) is 11.3 Å². The van der Waals surface area contributed by atoms with E-state index in [1.807, 2.05) is 6.07 Å². The van der Waals surface area contributed by atoms with Crippen LogP contribution in [0.25, 0.3) is 11.3 Å². The fourth-order valence-electron chi connectivity index (χ4n) is 6.31. The molecule has 1 saturated carbocycles. The van der Waals surface area contributed by atoms with E-state index in [9.17, 15) is 9.90 Å². The van der Waals surface area contributed by atoms with Gasteiger partial charge in [-0.25, -0.2) is 4.98 Å². The van der Waals surface area contributed by atoms with Gasteiger partial charge in [-0.2, -0.15) is 0 Å². The third-order valence-corrected chi connectivity index (χ3v) is 9.79. The Labute approximate surface area is 227 Å². The summed E-state index contributed by atoms with van der Waals surface area (Å²) in [5, 5.41) is 12.6. The minimum absolute atomic E-state index is 0.251. The molecule has 1 aliphatic carbocycles. The van der Waals surface area contributed by atoms with Gasteiger partial charge >= 0.3 is 5.97 Å². The number of benzene rings is 2. The second-order valence-electron chi connectivity index (χ2n) is 11.4. The molecule has 7 nitrogen and oxygen atoms in total. The number of thiazole rings is 1. The summed E-state index contributed by atoms with van der Waals surface area (Å²) in [6, 6.07) is 13.6. The number of carboxylic acid groups (broad SMARTS) is 1. The molecule has 7 rings (SSSR count). The van der Waals surface area contributed by atoms with Gasteiger partial charge in [-0.3, -0.25) is 9.69 Å². The van der Waals surface area contributed by atoms with E-state index in [4.69, 9.17) is 14.5 Å². The topological polar surface area (TPSA) is 75.1 Å². The van der Waals surface area contributed by atoms with Crippen molar-refractivity contribution < 1.29 is 19.4 Å². The lowest BCUT2D eigenvalue weighted by Gasteiger charge is -2.36. The number of aliphatic carboxylic acids is 1. The zero-order chi connectivity index (χ0) is 25.9. The largest absolute Gasteiger partial charge is 0.488 e. The van der Waals surface area contributed by atoms with E-state index in [-0.39, 0.29) is 5.92 Å². The van der Waals surface area contributed by atoms with Crippen molar-refractivity contribution in [3.8, 4) is 17.0 Å². The molecule has 2 saturated heterocycles. The van der Waals surface area contributed by atoms with Gasteiger partial charge in [0.05, 0.1) is 30.4 Å². The number of carboxylic acids is 1. The molecule has 3 aromatic rings.